The molecular formula is C17H15F3N4O. The Morgan fingerprint density at radius 1 is 1.24 bits per heavy atom. The number of hydrogen-bond donors (Lipinski definition) is 1. The Balaban J connectivity index is 1.88. The number of ether oxygens (including phenoxy) is 1. The van der Waals surface area contributed by atoms with Gasteiger partial charge in [-0.3, -0.25) is 0 Å². The van der Waals surface area contributed by atoms with Gasteiger partial charge in [-0.25, -0.2) is 4.98 Å². The predicted molar refractivity (Wildman–Crippen MR) is 84.4 cm³/mol. The van der Waals surface area contributed by atoms with E-state index in [0.29, 0.717) is 30.3 Å². The van der Waals surface area contributed by atoms with Crippen LogP contribution in [0.2, 0.25) is 0 Å². The molecule has 1 aliphatic rings. The van der Waals surface area contributed by atoms with Crippen LogP contribution in [0.1, 0.15) is 36.8 Å². The van der Waals surface area contributed by atoms with E-state index in [1.54, 1.807) is 24.3 Å². The van der Waals surface area contributed by atoms with Gasteiger partial charge in [0.25, 0.3) is 0 Å². The lowest BCUT2D eigenvalue weighted by atomic mass is 10.2. The Hall–Kier alpha value is -2.82. The molecule has 130 valence electrons. The number of benzene rings is 1. The first-order valence-corrected chi connectivity index (χ1v) is 7.84. The number of alkyl halides is 3. The smallest absolute Gasteiger partial charge is 0.423 e. The van der Waals surface area contributed by atoms with Crippen molar-refractivity contribution in [2.45, 2.75) is 38.0 Å². The molecule has 1 N–H and O–H groups in total. The monoisotopic (exact) mass is 348 g/mol. The van der Waals surface area contributed by atoms with Crippen molar-refractivity contribution in [1.82, 2.24) is 9.97 Å². The summed E-state index contributed by atoms with van der Waals surface area (Å²) >= 11 is 0. The topological polar surface area (TPSA) is 70.8 Å². The minimum Gasteiger partial charge on any atom is -0.474 e. The fourth-order valence-corrected chi connectivity index (χ4v) is 2.67. The molecule has 0 aliphatic heterocycles. The van der Waals surface area contributed by atoms with E-state index in [2.05, 4.69) is 15.3 Å². The first-order chi connectivity index (χ1) is 12.0. The fraction of sp³-hybridized carbons (Fsp3) is 0.353. The summed E-state index contributed by atoms with van der Waals surface area (Å²) in [7, 11) is 0. The highest BCUT2D eigenvalue weighted by Gasteiger charge is 2.37. The highest BCUT2D eigenvalue weighted by molar-refractivity contribution is 5.56. The number of nitriles is 1. The van der Waals surface area contributed by atoms with E-state index in [0.717, 1.165) is 12.8 Å². The molecule has 8 heteroatoms. The summed E-state index contributed by atoms with van der Waals surface area (Å²) in [6.45, 7) is 0. The minimum absolute atomic E-state index is 0.0175. The number of rotatable bonds is 4. The van der Waals surface area contributed by atoms with Gasteiger partial charge in [0.1, 0.15) is 11.7 Å². The molecule has 5 nitrogen and oxygen atoms in total. The Labute approximate surface area is 142 Å². The van der Waals surface area contributed by atoms with E-state index in [4.69, 9.17) is 10.00 Å². The number of nitrogens with one attached hydrogen (secondary N) is 1. The summed E-state index contributed by atoms with van der Waals surface area (Å²) in [6, 6.07) is 8.48. The Kier molecular flexibility index (Phi) is 4.74. The third-order valence-corrected chi connectivity index (χ3v) is 3.89. The van der Waals surface area contributed by atoms with Gasteiger partial charge in [0.05, 0.1) is 11.6 Å². The van der Waals surface area contributed by atoms with Gasteiger partial charge >= 0.3 is 6.18 Å². The zero-order valence-electron chi connectivity index (χ0n) is 13.2. The second-order valence-electron chi connectivity index (χ2n) is 5.75. The molecular weight excluding hydrogens is 333 g/mol. The Morgan fingerprint density at radius 2 is 2.00 bits per heavy atom. The number of halogens is 3. The van der Waals surface area contributed by atoms with Crippen LogP contribution < -0.4 is 10.1 Å². The maximum atomic E-state index is 13.2. The fourth-order valence-electron chi connectivity index (χ4n) is 2.67. The SMILES string of the molecule is N#Cc1cccc(Nc2ncc(C(F)(F)F)c(OC3CCCC3)n2)c1. The number of hydrogen-bond acceptors (Lipinski definition) is 5. The first kappa shape index (κ1) is 17.0. The summed E-state index contributed by atoms with van der Waals surface area (Å²) in [6.07, 6.45) is -0.832. The molecule has 1 aliphatic carbocycles. The van der Waals surface area contributed by atoms with Crippen LogP contribution in [0.3, 0.4) is 0 Å². The molecule has 1 saturated carbocycles. The molecule has 0 saturated heterocycles. The van der Waals surface area contributed by atoms with Gasteiger partial charge in [-0.05, 0) is 43.9 Å². The molecule has 1 aromatic carbocycles. The molecule has 0 amide bonds. The molecule has 0 unspecified atom stereocenters. The van der Waals surface area contributed by atoms with Gasteiger partial charge in [-0.15, -0.1) is 0 Å². The molecule has 1 fully saturated rings. The van der Waals surface area contributed by atoms with Gasteiger partial charge in [-0.2, -0.15) is 23.4 Å². The number of aromatic nitrogens is 2. The van der Waals surface area contributed by atoms with Crippen molar-refractivity contribution < 1.29 is 17.9 Å². The second-order valence-corrected chi connectivity index (χ2v) is 5.75. The molecule has 0 spiro atoms. The van der Waals surface area contributed by atoms with E-state index >= 15 is 0 Å². The van der Waals surface area contributed by atoms with Gasteiger partial charge in [0.2, 0.25) is 11.8 Å². The zero-order valence-corrected chi connectivity index (χ0v) is 13.2. The van der Waals surface area contributed by atoms with E-state index in [-0.39, 0.29) is 12.1 Å². The summed E-state index contributed by atoms with van der Waals surface area (Å²) in [5.41, 5.74) is -0.0688. The van der Waals surface area contributed by atoms with E-state index in [1.807, 2.05) is 6.07 Å². The molecule has 3 rings (SSSR count). The molecule has 1 heterocycles. The number of anilines is 2. The van der Waals surface area contributed by atoms with Crippen molar-refractivity contribution in [3.8, 4) is 11.9 Å². The van der Waals surface area contributed by atoms with Crippen molar-refractivity contribution in [3.05, 3.63) is 41.6 Å². The minimum atomic E-state index is -4.59. The molecule has 0 radical (unpaired) electrons. The third-order valence-electron chi connectivity index (χ3n) is 3.89. The first-order valence-electron chi connectivity index (χ1n) is 7.84. The van der Waals surface area contributed by atoms with Crippen LogP contribution in [-0.2, 0) is 6.18 Å². The van der Waals surface area contributed by atoms with Gasteiger partial charge in [0.15, 0.2) is 0 Å². The highest BCUT2D eigenvalue weighted by atomic mass is 19.4. The van der Waals surface area contributed by atoms with Crippen LogP contribution in [0.5, 0.6) is 5.88 Å². The quantitative estimate of drug-likeness (QED) is 0.885. The lowest BCUT2D eigenvalue weighted by molar-refractivity contribution is -0.139. The van der Waals surface area contributed by atoms with Crippen LogP contribution >= 0.6 is 0 Å². The van der Waals surface area contributed by atoms with Crippen LogP contribution in [0.4, 0.5) is 24.8 Å². The van der Waals surface area contributed by atoms with Crippen molar-refractivity contribution in [2.75, 3.05) is 5.32 Å². The maximum Gasteiger partial charge on any atom is 0.423 e. The van der Waals surface area contributed by atoms with Crippen LogP contribution in [-0.4, -0.2) is 16.1 Å². The number of nitrogens with zero attached hydrogens (tertiary/aromatic N) is 3. The standard InChI is InChI=1S/C17H15F3N4O/c18-17(19,20)14-10-22-16(23-12-5-3-4-11(8-12)9-21)24-15(14)25-13-6-1-2-7-13/h3-5,8,10,13H,1-2,6-7H2,(H,22,23,24). The van der Waals surface area contributed by atoms with E-state index in [9.17, 15) is 13.2 Å². The van der Waals surface area contributed by atoms with E-state index in [1.165, 1.54) is 0 Å². The molecule has 2 aromatic rings. The normalized spacial score (nSPS) is 15.0. The van der Waals surface area contributed by atoms with Crippen LogP contribution in [0, 0.1) is 11.3 Å². The maximum absolute atomic E-state index is 13.2. The Morgan fingerprint density at radius 3 is 2.68 bits per heavy atom. The third kappa shape index (κ3) is 4.18. The molecule has 0 atom stereocenters. The summed E-state index contributed by atoms with van der Waals surface area (Å²) in [4.78, 5) is 7.63. The van der Waals surface area contributed by atoms with Gasteiger partial charge in [-0.1, -0.05) is 6.07 Å². The van der Waals surface area contributed by atoms with Crippen LogP contribution in [0.15, 0.2) is 30.5 Å². The van der Waals surface area contributed by atoms with Crippen molar-refractivity contribution in [1.29, 1.82) is 5.26 Å². The zero-order chi connectivity index (χ0) is 17.9. The lowest BCUT2D eigenvalue weighted by Crippen LogP contribution is -2.18. The second kappa shape index (κ2) is 6.97. The lowest BCUT2D eigenvalue weighted by Gasteiger charge is -2.17. The summed E-state index contributed by atoms with van der Waals surface area (Å²) in [5, 5.41) is 11.7. The van der Waals surface area contributed by atoms with Crippen molar-refractivity contribution >= 4 is 11.6 Å². The van der Waals surface area contributed by atoms with Crippen molar-refractivity contribution in [2.24, 2.45) is 0 Å². The summed E-state index contributed by atoms with van der Waals surface area (Å²) in [5.74, 6) is -0.482. The molecule has 0 bridgehead atoms. The molecule has 25 heavy (non-hydrogen) atoms. The molecule has 1 aromatic heterocycles. The van der Waals surface area contributed by atoms with E-state index < -0.39 is 17.6 Å². The average Bonchev–Trinajstić information content (AvgIpc) is 3.07. The van der Waals surface area contributed by atoms with Gasteiger partial charge < -0.3 is 10.1 Å². The average molecular weight is 348 g/mol. The van der Waals surface area contributed by atoms with Gasteiger partial charge in [0, 0.05) is 11.9 Å². The Bertz CT molecular complexity index is 795. The van der Waals surface area contributed by atoms with Crippen molar-refractivity contribution in [3.63, 3.8) is 0 Å². The van der Waals surface area contributed by atoms with Crippen LogP contribution in [0.25, 0.3) is 0 Å². The predicted octanol–water partition coefficient (Wildman–Crippen LogP) is 4.43. The largest absolute Gasteiger partial charge is 0.474 e. The highest BCUT2D eigenvalue weighted by Crippen LogP contribution is 2.37. The summed E-state index contributed by atoms with van der Waals surface area (Å²) < 4.78 is 45.0.